The van der Waals surface area contributed by atoms with E-state index in [2.05, 4.69) is 21.2 Å². The normalized spacial score (nSPS) is 17.4. The molecule has 118 valence electrons. The molecule has 0 aliphatic carbocycles. The van der Waals surface area contributed by atoms with Crippen LogP contribution in [0.25, 0.3) is 0 Å². The molecular formula is C18H17BrN2O2. The first-order chi connectivity index (χ1) is 11.0. The molecule has 2 aromatic rings. The molecule has 4 nitrogen and oxygen atoms in total. The molecule has 3 rings (SSSR count). The molecule has 0 bridgehead atoms. The molecular weight excluding hydrogens is 356 g/mol. The second-order valence-corrected chi connectivity index (χ2v) is 6.57. The number of carbonyl (C=O) groups is 2. The number of nitrogens with zero attached hydrogens (tertiary/aromatic N) is 1. The first kappa shape index (κ1) is 15.7. The van der Waals surface area contributed by atoms with Crippen LogP contribution < -0.4 is 10.2 Å². The lowest BCUT2D eigenvalue weighted by Crippen LogP contribution is -2.41. The first-order valence-electron chi connectivity index (χ1n) is 7.49. The van der Waals surface area contributed by atoms with Gasteiger partial charge in [-0.2, -0.15) is 0 Å². The molecule has 1 heterocycles. The van der Waals surface area contributed by atoms with Gasteiger partial charge in [0.2, 0.25) is 5.91 Å². The van der Waals surface area contributed by atoms with Gasteiger partial charge in [0.1, 0.15) is 6.04 Å². The number of hydrogen-bond acceptors (Lipinski definition) is 2. The second kappa shape index (κ2) is 6.54. The van der Waals surface area contributed by atoms with Crippen molar-refractivity contribution in [2.24, 2.45) is 0 Å². The van der Waals surface area contributed by atoms with Gasteiger partial charge < -0.3 is 10.2 Å². The van der Waals surface area contributed by atoms with E-state index < -0.39 is 6.04 Å². The van der Waals surface area contributed by atoms with Crippen LogP contribution in [0.1, 0.15) is 22.3 Å². The Balaban J connectivity index is 1.69. The van der Waals surface area contributed by atoms with Crippen molar-refractivity contribution in [3.05, 3.63) is 64.1 Å². The number of carbonyl (C=O) groups excluding carboxylic acids is 2. The minimum atomic E-state index is -0.470. The molecule has 0 aromatic heterocycles. The number of rotatable bonds is 3. The lowest BCUT2D eigenvalue weighted by atomic mass is 10.2. The van der Waals surface area contributed by atoms with E-state index in [-0.39, 0.29) is 11.8 Å². The van der Waals surface area contributed by atoms with Crippen molar-refractivity contribution >= 4 is 33.4 Å². The van der Waals surface area contributed by atoms with Gasteiger partial charge >= 0.3 is 0 Å². The van der Waals surface area contributed by atoms with Gasteiger partial charge in [-0.25, -0.2) is 0 Å². The largest absolute Gasteiger partial charge is 0.340 e. The zero-order valence-electron chi connectivity index (χ0n) is 12.8. The number of hydrogen-bond donors (Lipinski definition) is 1. The summed E-state index contributed by atoms with van der Waals surface area (Å²) in [4.78, 5) is 26.5. The SMILES string of the molecule is Cc1ccc(N2CC[C@@H](NC(=O)c3cccc(Br)c3)C2=O)cc1. The zero-order valence-corrected chi connectivity index (χ0v) is 14.3. The Labute approximate surface area is 143 Å². The van der Waals surface area contributed by atoms with Gasteiger partial charge in [-0.05, 0) is 43.7 Å². The number of nitrogens with one attached hydrogen (secondary N) is 1. The number of amides is 2. The maximum atomic E-state index is 12.5. The molecule has 0 saturated carbocycles. The summed E-state index contributed by atoms with van der Waals surface area (Å²) in [5, 5.41) is 2.83. The summed E-state index contributed by atoms with van der Waals surface area (Å²) in [6.07, 6.45) is 0.618. The van der Waals surface area contributed by atoms with Crippen LogP contribution in [0.2, 0.25) is 0 Å². The van der Waals surface area contributed by atoms with Crippen LogP contribution in [0, 0.1) is 6.92 Å². The summed E-state index contributed by atoms with van der Waals surface area (Å²) >= 11 is 3.35. The van der Waals surface area contributed by atoms with Gasteiger partial charge in [-0.1, -0.05) is 39.7 Å². The van der Waals surface area contributed by atoms with Crippen molar-refractivity contribution in [1.82, 2.24) is 5.32 Å². The minimum absolute atomic E-state index is 0.0581. The molecule has 1 N–H and O–H groups in total. The fourth-order valence-corrected chi connectivity index (χ4v) is 3.07. The van der Waals surface area contributed by atoms with Crippen LogP contribution in [-0.4, -0.2) is 24.4 Å². The quantitative estimate of drug-likeness (QED) is 0.898. The molecule has 5 heteroatoms. The van der Waals surface area contributed by atoms with E-state index in [9.17, 15) is 9.59 Å². The summed E-state index contributed by atoms with van der Waals surface area (Å²) in [6.45, 7) is 2.63. The molecule has 0 radical (unpaired) electrons. The Kier molecular flexibility index (Phi) is 4.48. The van der Waals surface area contributed by atoms with E-state index in [0.717, 1.165) is 15.7 Å². The average Bonchev–Trinajstić information content (AvgIpc) is 2.89. The Morgan fingerprint density at radius 2 is 1.96 bits per heavy atom. The van der Waals surface area contributed by atoms with E-state index in [1.807, 2.05) is 37.3 Å². The van der Waals surface area contributed by atoms with E-state index in [1.54, 1.807) is 23.1 Å². The van der Waals surface area contributed by atoms with Gasteiger partial charge in [-0.3, -0.25) is 9.59 Å². The molecule has 0 unspecified atom stereocenters. The number of benzene rings is 2. The summed E-state index contributed by atoms with van der Waals surface area (Å²) in [5.74, 6) is -0.285. The Hall–Kier alpha value is -2.14. The molecule has 0 spiro atoms. The topological polar surface area (TPSA) is 49.4 Å². The highest BCUT2D eigenvalue weighted by Gasteiger charge is 2.33. The predicted molar refractivity (Wildman–Crippen MR) is 93.5 cm³/mol. The lowest BCUT2D eigenvalue weighted by Gasteiger charge is -2.17. The maximum Gasteiger partial charge on any atom is 0.251 e. The minimum Gasteiger partial charge on any atom is -0.340 e. The highest BCUT2D eigenvalue weighted by Crippen LogP contribution is 2.22. The third kappa shape index (κ3) is 3.45. The standard InChI is InChI=1S/C18H17BrN2O2/c1-12-5-7-15(8-6-12)21-10-9-16(18(21)23)20-17(22)13-3-2-4-14(19)11-13/h2-8,11,16H,9-10H2,1H3,(H,20,22)/t16-/m1/s1. The monoisotopic (exact) mass is 372 g/mol. The Morgan fingerprint density at radius 3 is 2.65 bits per heavy atom. The van der Waals surface area contributed by atoms with Crippen LogP contribution in [0.5, 0.6) is 0 Å². The van der Waals surface area contributed by atoms with Gasteiger partial charge in [-0.15, -0.1) is 0 Å². The maximum absolute atomic E-state index is 12.5. The van der Waals surface area contributed by atoms with Crippen molar-refractivity contribution in [2.45, 2.75) is 19.4 Å². The van der Waals surface area contributed by atoms with Crippen LogP contribution in [0.3, 0.4) is 0 Å². The molecule has 1 aliphatic rings. The van der Waals surface area contributed by atoms with Crippen molar-refractivity contribution in [1.29, 1.82) is 0 Å². The summed E-state index contributed by atoms with van der Waals surface area (Å²) < 4.78 is 0.837. The number of aryl methyl sites for hydroxylation is 1. The molecule has 1 saturated heterocycles. The van der Waals surface area contributed by atoms with Crippen molar-refractivity contribution in [3.8, 4) is 0 Å². The fraction of sp³-hybridized carbons (Fsp3) is 0.222. The fourth-order valence-electron chi connectivity index (χ4n) is 2.67. The third-order valence-electron chi connectivity index (χ3n) is 3.94. The highest BCUT2D eigenvalue weighted by atomic mass is 79.9. The van der Waals surface area contributed by atoms with E-state index in [0.29, 0.717) is 18.5 Å². The molecule has 1 atom stereocenters. The van der Waals surface area contributed by atoms with Crippen molar-refractivity contribution in [2.75, 3.05) is 11.4 Å². The van der Waals surface area contributed by atoms with Crippen LogP contribution in [0.4, 0.5) is 5.69 Å². The van der Waals surface area contributed by atoms with Crippen LogP contribution >= 0.6 is 15.9 Å². The first-order valence-corrected chi connectivity index (χ1v) is 8.28. The molecule has 23 heavy (non-hydrogen) atoms. The Morgan fingerprint density at radius 1 is 1.22 bits per heavy atom. The molecule has 2 aromatic carbocycles. The molecule has 2 amide bonds. The summed E-state index contributed by atoms with van der Waals surface area (Å²) in [5.41, 5.74) is 2.57. The van der Waals surface area contributed by atoms with Crippen LogP contribution in [0.15, 0.2) is 53.0 Å². The van der Waals surface area contributed by atoms with Gasteiger partial charge in [0.05, 0.1) is 0 Å². The lowest BCUT2D eigenvalue weighted by molar-refractivity contribution is -0.118. The molecule has 1 aliphatic heterocycles. The van der Waals surface area contributed by atoms with Gasteiger partial charge in [0.15, 0.2) is 0 Å². The van der Waals surface area contributed by atoms with E-state index >= 15 is 0 Å². The number of halogens is 1. The van der Waals surface area contributed by atoms with E-state index in [4.69, 9.17) is 0 Å². The summed E-state index contributed by atoms with van der Waals surface area (Å²) in [6, 6.07) is 14.5. The average molecular weight is 373 g/mol. The third-order valence-corrected chi connectivity index (χ3v) is 4.44. The number of anilines is 1. The predicted octanol–water partition coefficient (Wildman–Crippen LogP) is 3.29. The summed E-state index contributed by atoms with van der Waals surface area (Å²) in [7, 11) is 0. The van der Waals surface area contributed by atoms with Gasteiger partial charge in [0, 0.05) is 22.3 Å². The second-order valence-electron chi connectivity index (χ2n) is 5.65. The molecule has 1 fully saturated rings. The smallest absolute Gasteiger partial charge is 0.251 e. The van der Waals surface area contributed by atoms with Crippen molar-refractivity contribution in [3.63, 3.8) is 0 Å². The zero-order chi connectivity index (χ0) is 16.4. The van der Waals surface area contributed by atoms with E-state index in [1.165, 1.54) is 0 Å². The van der Waals surface area contributed by atoms with Crippen molar-refractivity contribution < 1.29 is 9.59 Å². The highest BCUT2D eigenvalue weighted by molar-refractivity contribution is 9.10. The van der Waals surface area contributed by atoms with Crippen LogP contribution in [-0.2, 0) is 4.79 Å². The van der Waals surface area contributed by atoms with Gasteiger partial charge in [0.25, 0.3) is 5.91 Å². The Bertz CT molecular complexity index is 743.